The zero-order chi connectivity index (χ0) is 12.6. The van der Waals surface area contributed by atoms with Crippen LogP contribution in [0.5, 0.6) is 11.5 Å². The maximum Gasteiger partial charge on any atom is 0.123 e. The number of benzene rings is 1. The number of hydrogen-bond acceptors (Lipinski definition) is 3. The lowest BCUT2D eigenvalue weighted by atomic mass is 9.96. The molecule has 3 heteroatoms. The second kappa shape index (κ2) is 7.04. The predicted molar refractivity (Wildman–Crippen MR) is 73.9 cm³/mol. The quantitative estimate of drug-likeness (QED) is 0.746. The first-order valence-electron chi connectivity index (χ1n) is 6.67. The van der Waals surface area contributed by atoms with Gasteiger partial charge in [0.25, 0.3) is 0 Å². The van der Waals surface area contributed by atoms with Gasteiger partial charge in [0.2, 0.25) is 0 Å². The number of rotatable bonds is 5. The first kappa shape index (κ1) is 12.9. The minimum absolute atomic E-state index is 0.526. The third kappa shape index (κ3) is 4.06. The Morgan fingerprint density at radius 1 is 1.11 bits per heavy atom. The molecule has 0 amide bonds. The van der Waals surface area contributed by atoms with Crippen molar-refractivity contribution in [3.8, 4) is 11.5 Å². The van der Waals surface area contributed by atoms with E-state index in [1.165, 1.54) is 32.1 Å². The smallest absolute Gasteiger partial charge is 0.123 e. The summed E-state index contributed by atoms with van der Waals surface area (Å²) in [6.45, 7) is 0.544. The molecule has 1 aromatic rings. The molecule has 3 nitrogen and oxygen atoms in total. The van der Waals surface area contributed by atoms with Crippen LogP contribution in [0.15, 0.2) is 29.3 Å². The zero-order valence-corrected chi connectivity index (χ0v) is 11.0. The lowest BCUT2D eigenvalue weighted by Crippen LogP contribution is -2.11. The summed E-state index contributed by atoms with van der Waals surface area (Å²) < 4.78 is 10.7. The molecule has 98 valence electrons. The van der Waals surface area contributed by atoms with Crippen LogP contribution in [0.2, 0.25) is 0 Å². The Labute approximate surface area is 109 Å². The summed E-state index contributed by atoms with van der Waals surface area (Å²) in [4.78, 5) is 4.56. The molecule has 1 aliphatic carbocycles. The van der Waals surface area contributed by atoms with E-state index < -0.39 is 0 Å². The molecule has 0 bridgehead atoms. The SMILES string of the molecule is COc1ccc(OCC=NC2CCCCC2)cc1. The Balaban J connectivity index is 1.71. The Hall–Kier alpha value is -1.51. The fourth-order valence-electron chi connectivity index (χ4n) is 2.23. The largest absolute Gasteiger partial charge is 0.497 e. The van der Waals surface area contributed by atoms with E-state index in [1.807, 2.05) is 30.5 Å². The molecule has 0 N–H and O–H groups in total. The van der Waals surface area contributed by atoms with Crippen molar-refractivity contribution in [3.05, 3.63) is 24.3 Å². The van der Waals surface area contributed by atoms with Crippen molar-refractivity contribution in [2.45, 2.75) is 38.1 Å². The molecule has 0 atom stereocenters. The van der Waals surface area contributed by atoms with Gasteiger partial charge >= 0.3 is 0 Å². The molecular formula is C15H21NO2. The molecule has 1 aromatic carbocycles. The van der Waals surface area contributed by atoms with Crippen LogP contribution < -0.4 is 9.47 Å². The Kier molecular flexibility index (Phi) is 5.06. The fourth-order valence-corrected chi connectivity index (χ4v) is 2.23. The molecule has 0 saturated heterocycles. The van der Waals surface area contributed by atoms with Crippen molar-refractivity contribution in [1.29, 1.82) is 0 Å². The van der Waals surface area contributed by atoms with Gasteiger partial charge in [-0.15, -0.1) is 0 Å². The number of methoxy groups -OCH3 is 1. The van der Waals surface area contributed by atoms with E-state index in [1.54, 1.807) is 7.11 Å². The summed E-state index contributed by atoms with van der Waals surface area (Å²) in [6.07, 6.45) is 8.38. The van der Waals surface area contributed by atoms with Gasteiger partial charge < -0.3 is 9.47 Å². The van der Waals surface area contributed by atoms with E-state index in [-0.39, 0.29) is 0 Å². The van der Waals surface area contributed by atoms with E-state index in [0.717, 1.165) is 11.5 Å². The summed E-state index contributed by atoms with van der Waals surface area (Å²) >= 11 is 0. The highest BCUT2D eigenvalue weighted by Crippen LogP contribution is 2.20. The van der Waals surface area contributed by atoms with E-state index in [9.17, 15) is 0 Å². The van der Waals surface area contributed by atoms with Crippen molar-refractivity contribution in [2.75, 3.05) is 13.7 Å². The monoisotopic (exact) mass is 247 g/mol. The van der Waals surface area contributed by atoms with E-state index in [2.05, 4.69) is 4.99 Å². The van der Waals surface area contributed by atoms with Gasteiger partial charge in [-0.05, 0) is 37.1 Å². The van der Waals surface area contributed by atoms with Crippen LogP contribution in [0.1, 0.15) is 32.1 Å². The molecule has 1 fully saturated rings. The normalized spacial score (nSPS) is 16.9. The topological polar surface area (TPSA) is 30.8 Å². The van der Waals surface area contributed by atoms with E-state index in [0.29, 0.717) is 12.6 Å². The summed E-state index contributed by atoms with van der Waals surface area (Å²) in [5.41, 5.74) is 0. The highest BCUT2D eigenvalue weighted by molar-refractivity contribution is 5.59. The first-order chi connectivity index (χ1) is 8.88. The second-order valence-corrected chi connectivity index (χ2v) is 4.61. The summed E-state index contributed by atoms with van der Waals surface area (Å²) in [6, 6.07) is 8.14. The number of aliphatic imine (C=N–C) groups is 1. The van der Waals surface area contributed by atoms with E-state index in [4.69, 9.17) is 9.47 Å². The summed E-state index contributed by atoms with van der Waals surface area (Å²) in [7, 11) is 1.66. The first-order valence-corrected chi connectivity index (χ1v) is 6.67. The Bertz CT molecular complexity index is 367. The average molecular weight is 247 g/mol. The molecule has 1 aliphatic rings. The van der Waals surface area contributed by atoms with Crippen LogP contribution in [0, 0.1) is 0 Å². The van der Waals surface area contributed by atoms with Crippen LogP contribution >= 0.6 is 0 Å². The minimum atomic E-state index is 0.526. The molecule has 18 heavy (non-hydrogen) atoms. The predicted octanol–water partition coefficient (Wildman–Crippen LogP) is 3.48. The van der Waals surface area contributed by atoms with Gasteiger partial charge in [-0.2, -0.15) is 0 Å². The van der Waals surface area contributed by atoms with Gasteiger partial charge in [0.05, 0.1) is 7.11 Å². The van der Waals surface area contributed by atoms with Gasteiger partial charge in [-0.3, -0.25) is 4.99 Å². The third-order valence-electron chi connectivity index (χ3n) is 3.27. The molecule has 0 aromatic heterocycles. The van der Waals surface area contributed by atoms with Crippen molar-refractivity contribution in [2.24, 2.45) is 4.99 Å². The molecule has 0 unspecified atom stereocenters. The summed E-state index contributed by atoms with van der Waals surface area (Å²) in [5, 5.41) is 0. The van der Waals surface area contributed by atoms with Crippen molar-refractivity contribution >= 4 is 6.21 Å². The lowest BCUT2D eigenvalue weighted by molar-refractivity contribution is 0.374. The van der Waals surface area contributed by atoms with Crippen LogP contribution in [-0.4, -0.2) is 26.0 Å². The van der Waals surface area contributed by atoms with Crippen LogP contribution in [0.3, 0.4) is 0 Å². The standard InChI is InChI=1S/C15H21NO2/c1-17-14-7-9-15(10-8-14)18-12-11-16-13-5-3-2-4-6-13/h7-11,13H,2-6,12H2,1H3. The second-order valence-electron chi connectivity index (χ2n) is 4.61. The average Bonchev–Trinajstić information content (AvgIpc) is 2.45. The Morgan fingerprint density at radius 3 is 2.44 bits per heavy atom. The molecule has 2 rings (SSSR count). The number of ether oxygens (including phenoxy) is 2. The van der Waals surface area contributed by atoms with E-state index >= 15 is 0 Å². The van der Waals surface area contributed by atoms with Gasteiger partial charge in [0.15, 0.2) is 0 Å². The third-order valence-corrected chi connectivity index (χ3v) is 3.27. The Morgan fingerprint density at radius 2 is 1.78 bits per heavy atom. The van der Waals surface area contributed by atoms with Crippen molar-refractivity contribution in [1.82, 2.24) is 0 Å². The van der Waals surface area contributed by atoms with Gasteiger partial charge in [0, 0.05) is 12.3 Å². The molecule has 0 heterocycles. The minimum Gasteiger partial charge on any atom is -0.497 e. The number of nitrogens with zero attached hydrogens (tertiary/aromatic N) is 1. The molecule has 0 aliphatic heterocycles. The molecule has 0 radical (unpaired) electrons. The van der Waals surface area contributed by atoms with Crippen LogP contribution in [-0.2, 0) is 0 Å². The number of hydrogen-bond donors (Lipinski definition) is 0. The van der Waals surface area contributed by atoms with Crippen molar-refractivity contribution < 1.29 is 9.47 Å². The molecule has 0 spiro atoms. The fraction of sp³-hybridized carbons (Fsp3) is 0.533. The van der Waals surface area contributed by atoms with Crippen LogP contribution in [0.25, 0.3) is 0 Å². The maximum atomic E-state index is 5.59. The molecular weight excluding hydrogens is 226 g/mol. The summed E-state index contributed by atoms with van der Waals surface area (Å²) in [5.74, 6) is 1.70. The zero-order valence-electron chi connectivity index (χ0n) is 11.0. The van der Waals surface area contributed by atoms with Gasteiger partial charge in [0.1, 0.15) is 18.1 Å². The van der Waals surface area contributed by atoms with Crippen LogP contribution in [0.4, 0.5) is 0 Å². The maximum absolute atomic E-state index is 5.59. The highest BCUT2D eigenvalue weighted by atomic mass is 16.5. The van der Waals surface area contributed by atoms with Gasteiger partial charge in [-0.25, -0.2) is 0 Å². The lowest BCUT2D eigenvalue weighted by Gasteiger charge is -2.17. The molecule has 1 saturated carbocycles. The highest BCUT2D eigenvalue weighted by Gasteiger charge is 2.10. The van der Waals surface area contributed by atoms with Gasteiger partial charge in [-0.1, -0.05) is 19.3 Å². The van der Waals surface area contributed by atoms with Crippen molar-refractivity contribution in [3.63, 3.8) is 0 Å².